The van der Waals surface area contributed by atoms with Crippen molar-refractivity contribution < 1.29 is 9.32 Å². The zero-order chi connectivity index (χ0) is 8.53. The average molecular weight is 176 g/mol. The molecule has 0 saturated carbocycles. The van der Waals surface area contributed by atoms with E-state index in [1.807, 2.05) is 0 Å². The lowest BCUT2D eigenvalue weighted by Gasteiger charge is -2.07. The number of carbonyl (C=O) groups is 1. The largest absolute Gasteiger partial charge is 0.366 e. The van der Waals surface area contributed by atoms with Gasteiger partial charge < -0.3 is 9.32 Å². The molecule has 0 radical (unpaired) electrons. The van der Waals surface area contributed by atoms with Crippen molar-refractivity contribution in [2.75, 3.05) is 13.3 Å². The van der Waals surface area contributed by atoms with Crippen molar-refractivity contribution in [2.24, 2.45) is 5.92 Å². The first kappa shape index (κ1) is 11.1. The van der Waals surface area contributed by atoms with Crippen LogP contribution in [-0.2, 0) is 9.32 Å². The quantitative estimate of drug-likeness (QED) is 0.439. The molecule has 0 aromatic carbocycles. The summed E-state index contributed by atoms with van der Waals surface area (Å²) in [6.07, 6.45) is 5.30. The molecule has 0 bridgehead atoms. The van der Waals surface area contributed by atoms with Crippen LogP contribution in [0.5, 0.6) is 0 Å². The molecule has 0 saturated heterocycles. The van der Waals surface area contributed by atoms with Gasteiger partial charge in [0, 0.05) is 21.8 Å². The maximum atomic E-state index is 10.5. The zero-order valence-corrected chi connectivity index (χ0v) is 8.30. The molecule has 66 valence electrons. The van der Waals surface area contributed by atoms with Crippen molar-refractivity contribution in [3.8, 4) is 0 Å². The predicted molar refractivity (Wildman–Crippen MR) is 49.3 cm³/mol. The van der Waals surface area contributed by atoms with Crippen molar-refractivity contribution in [1.29, 1.82) is 0 Å². The van der Waals surface area contributed by atoms with Gasteiger partial charge in [-0.05, 0) is 12.6 Å². The Balaban J connectivity index is 3.33. The Hall–Kier alpha value is 0.0600. The van der Waals surface area contributed by atoms with Crippen LogP contribution in [-0.4, -0.2) is 19.6 Å². The van der Waals surface area contributed by atoms with Gasteiger partial charge in [0.05, 0.1) is 0 Å². The van der Waals surface area contributed by atoms with Crippen molar-refractivity contribution in [2.45, 2.75) is 26.2 Å². The smallest absolute Gasteiger partial charge is 0.123 e. The first-order chi connectivity index (χ1) is 5.35. The summed E-state index contributed by atoms with van der Waals surface area (Å²) in [6.45, 7) is 2.14. The van der Waals surface area contributed by atoms with Crippen LogP contribution in [0.3, 0.4) is 0 Å². The molecular weight excluding hydrogens is 159 g/mol. The standard InChI is InChI=1S/C8H17O2P/c1-3-4-5-8(6-9)7-11-10-2/h6,8,11H,3-5,7H2,1-2H3/t8-/m0/s1. The highest BCUT2D eigenvalue weighted by Gasteiger charge is 2.05. The van der Waals surface area contributed by atoms with Crippen LogP contribution in [0.1, 0.15) is 26.2 Å². The predicted octanol–water partition coefficient (Wildman–Crippen LogP) is 2.23. The lowest BCUT2D eigenvalue weighted by Crippen LogP contribution is -2.04. The van der Waals surface area contributed by atoms with Gasteiger partial charge in [-0.3, -0.25) is 0 Å². The van der Waals surface area contributed by atoms with Gasteiger partial charge in [-0.1, -0.05) is 19.8 Å². The third-order valence-corrected chi connectivity index (χ3v) is 2.59. The first-order valence-corrected chi connectivity index (χ1v) is 5.17. The molecule has 0 fully saturated rings. The van der Waals surface area contributed by atoms with Gasteiger partial charge in [0.25, 0.3) is 0 Å². The van der Waals surface area contributed by atoms with Gasteiger partial charge in [0.2, 0.25) is 0 Å². The van der Waals surface area contributed by atoms with Gasteiger partial charge in [-0.15, -0.1) is 0 Å². The first-order valence-electron chi connectivity index (χ1n) is 4.06. The van der Waals surface area contributed by atoms with Crippen LogP contribution in [0.4, 0.5) is 0 Å². The molecule has 3 heteroatoms. The Morgan fingerprint density at radius 1 is 1.64 bits per heavy atom. The summed E-state index contributed by atoms with van der Waals surface area (Å²) in [5, 5.41) is 0. The SMILES string of the molecule is CCCC[C@@H](C=O)CPOC. The number of hydrogen-bond acceptors (Lipinski definition) is 2. The topological polar surface area (TPSA) is 26.3 Å². The van der Waals surface area contributed by atoms with E-state index in [0.29, 0.717) is 8.81 Å². The molecule has 0 aromatic rings. The Labute approximate surface area is 70.6 Å². The highest BCUT2D eigenvalue weighted by molar-refractivity contribution is 7.32. The molecule has 2 nitrogen and oxygen atoms in total. The van der Waals surface area contributed by atoms with E-state index in [0.717, 1.165) is 25.3 Å². The molecule has 0 aromatic heterocycles. The van der Waals surface area contributed by atoms with E-state index in [1.54, 1.807) is 7.11 Å². The summed E-state index contributed by atoms with van der Waals surface area (Å²) in [7, 11) is 2.16. The van der Waals surface area contributed by atoms with E-state index >= 15 is 0 Å². The fourth-order valence-electron chi connectivity index (χ4n) is 0.875. The second-order valence-corrected chi connectivity index (χ2v) is 3.70. The Morgan fingerprint density at radius 2 is 2.36 bits per heavy atom. The monoisotopic (exact) mass is 176 g/mol. The molecule has 0 amide bonds. The minimum absolute atomic E-state index is 0.230. The minimum atomic E-state index is 0.230. The van der Waals surface area contributed by atoms with Crippen LogP contribution in [0.2, 0.25) is 0 Å². The lowest BCUT2D eigenvalue weighted by atomic mass is 10.1. The maximum absolute atomic E-state index is 10.5. The van der Waals surface area contributed by atoms with Crippen molar-refractivity contribution in [1.82, 2.24) is 0 Å². The fraction of sp³-hybridized carbons (Fsp3) is 0.875. The molecule has 2 atom stereocenters. The number of hydrogen-bond donors (Lipinski definition) is 0. The van der Waals surface area contributed by atoms with Crippen molar-refractivity contribution in [3.05, 3.63) is 0 Å². The summed E-state index contributed by atoms with van der Waals surface area (Å²) in [5.41, 5.74) is 0. The van der Waals surface area contributed by atoms with E-state index in [1.165, 1.54) is 6.42 Å². The third kappa shape index (κ3) is 6.46. The highest BCUT2D eigenvalue weighted by Crippen LogP contribution is 2.17. The number of aldehydes is 1. The summed E-state index contributed by atoms with van der Waals surface area (Å²) >= 11 is 0. The number of unbranched alkanes of at least 4 members (excludes halogenated alkanes) is 1. The van der Waals surface area contributed by atoms with Gasteiger partial charge in [0.15, 0.2) is 0 Å². The van der Waals surface area contributed by atoms with Gasteiger partial charge in [-0.2, -0.15) is 0 Å². The molecule has 0 N–H and O–H groups in total. The molecule has 0 rings (SSSR count). The van der Waals surface area contributed by atoms with E-state index in [2.05, 4.69) is 6.92 Å². The number of carbonyl (C=O) groups excluding carboxylic acids is 1. The summed E-state index contributed by atoms with van der Waals surface area (Å²) in [5.74, 6) is 0.230. The average Bonchev–Trinajstić information content (AvgIpc) is 2.05. The minimum Gasteiger partial charge on any atom is -0.366 e. The van der Waals surface area contributed by atoms with Gasteiger partial charge in [-0.25, -0.2) is 0 Å². The summed E-state index contributed by atoms with van der Waals surface area (Å²) < 4.78 is 4.92. The normalized spacial score (nSPS) is 14.0. The van der Waals surface area contributed by atoms with Crippen LogP contribution in [0.15, 0.2) is 0 Å². The highest BCUT2D eigenvalue weighted by atomic mass is 31.1. The van der Waals surface area contributed by atoms with Crippen LogP contribution in [0, 0.1) is 5.92 Å². The Kier molecular flexibility index (Phi) is 8.20. The number of rotatable bonds is 7. The Bertz CT molecular complexity index is 88.1. The molecule has 1 unspecified atom stereocenters. The second kappa shape index (κ2) is 8.16. The van der Waals surface area contributed by atoms with E-state index < -0.39 is 0 Å². The van der Waals surface area contributed by atoms with Gasteiger partial charge >= 0.3 is 0 Å². The van der Waals surface area contributed by atoms with Crippen LogP contribution in [0.25, 0.3) is 0 Å². The molecule has 0 aliphatic heterocycles. The van der Waals surface area contributed by atoms with E-state index in [-0.39, 0.29) is 5.92 Å². The molecule has 0 aliphatic rings. The fourth-order valence-corrected chi connectivity index (χ4v) is 1.56. The molecule has 0 heterocycles. The molecule has 0 aliphatic carbocycles. The van der Waals surface area contributed by atoms with Crippen LogP contribution >= 0.6 is 8.81 Å². The van der Waals surface area contributed by atoms with Gasteiger partial charge in [0.1, 0.15) is 6.29 Å². The third-order valence-electron chi connectivity index (χ3n) is 1.61. The molecular formula is C8H17O2P. The van der Waals surface area contributed by atoms with Crippen molar-refractivity contribution >= 4 is 15.1 Å². The van der Waals surface area contributed by atoms with E-state index in [4.69, 9.17) is 4.52 Å². The lowest BCUT2D eigenvalue weighted by molar-refractivity contribution is -0.110. The molecule has 11 heavy (non-hydrogen) atoms. The summed E-state index contributed by atoms with van der Waals surface area (Å²) in [4.78, 5) is 10.5. The van der Waals surface area contributed by atoms with Crippen molar-refractivity contribution in [3.63, 3.8) is 0 Å². The zero-order valence-electron chi connectivity index (χ0n) is 7.30. The Morgan fingerprint density at radius 3 is 2.82 bits per heavy atom. The molecule has 0 spiro atoms. The maximum Gasteiger partial charge on any atom is 0.123 e. The second-order valence-electron chi connectivity index (χ2n) is 2.59. The van der Waals surface area contributed by atoms with E-state index in [9.17, 15) is 4.79 Å². The summed E-state index contributed by atoms with van der Waals surface area (Å²) in [6, 6.07) is 0. The van der Waals surface area contributed by atoms with Crippen LogP contribution < -0.4 is 0 Å².